The Balaban J connectivity index is 2.05. The number of halogens is 1. The fraction of sp³-hybridized carbons (Fsp3) is 0.188. The number of carbonyl (C=O) groups is 1. The zero-order chi connectivity index (χ0) is 15.2. The summed E-state index contributed by atoms with van der Waals surface area (Å²) >= 11 is 0. The smallest absolute Gasteiger partial charge is 0.265 e. The van der Waals surface area contributed by atoms with Gasteiger partial charge in [-0.25, -0.2) is 4.39 Å². The Hall–Kier alpha value is -2.56. The van der Waals surface area contributed by atoms with Gasteiger partial charge in [0.05, 0.1) is 12.8 Å². The molecule has 0 aliphatic carbocycles. The van der Waals surface area contributed by atoms with Gasteiger partial charge in [-0.05, 0) is 31.2 Å². The van der Waals surface area contributed by atoms with Gasteiger partial charge in [0.1, 0.15) is 5.82 Å². The van der Waals surface area contributed by atoms with Gasteiger partial charge in [-0.1, -0.05) is 24.3 Å². The molecular weight excluding hydrogens is 273 g/mol. The second-order valence-corrected chi connectivity index (χ2v) is 4.38. The normalized spacial score (nSPS) is 11.6. The van der Waals surface area contributed by atoms with E-state index in [4.69, 9.17) is 9.47 Å². The predicted octanol–water partition coefficient (Wildman–Crippen LogP) is 3.24. The lowest BCUT2D eigenvalue weighted by molar-refractivity contribution is -0.122. The average Bonchev–Trinajstić information content (AvgIpc) is 2.50. The first-order valence-corrected chi connectivity index (χ1v) is 6.47. The fourth-order valence-electron chi connectivity index (χ4n) is 1.76. The summed E-state index contributed by atoms with van der Waals surface area (Å²) in [5.41, 5.74) is 0.123. The zero-order valence-corrected chi connectivity index (χ0v) is 11.8. The standard InChI is InChI=1S/C16H16FNO3/c1-11(21-15-10-6-5-9-14(15)20-2)16(19)18-13-8-4-3-7-12(13)17/h3-11H,1-2H3,(H,18,19). The molecule has 0 aliphatic heterocycles. The van der Waals surface area contributed by atoms with E-state index in [0.717, 1.165) is 0 Å². The lowest BCUT2D eigenvalue weighted by atomic mass is 10.2. The molecule has 0 fully saturated rings. The minimum atomic E-state index is -0.791. The van der Waals surface area contributed by atoms with Crippen molar-refractivity contribution in [2.24, 2.45) is 0 Å². The maximum absolute atomic E-state index is 13.5. The van der Waals surface area contributed by atoms with Crippen LogP contribution in [-0.4, -0.2) is 19.1 Å². The molecule has 0 spiro atoms. The van der Waals surface area contributed by atoms with Gasteiger partial charge in [0.25, 0.3) is 5.91 Å². The molecule has 110 valence electrons. The second-order valence-electron chi connectivity index (χ2n) is 4.38. The molecule has 0 radical (unpaired) electrons. The topological polar surface area (TPSA) is 47.6 Å². The van der Waals surface area contributed by atoms with Gasteiger partial charge in [-0.3, -0.25) is 4.79 Å². The number of hydrogen-bond acceptors (Lipinski definition) is 3. The van der Waals surface area contributed by atoms with Gasteiger partial charge in [0, 0.05) is 0 Å². The first-order valence-electron chi connectivity index (χ1n) is 6.47. The Labute approximate surface area is 122 Å². The summed E-state index contributed by atoms with van der Waals surface area (Å²) in [6.45, 7) is 1.59. The van der Waals surface area contributed by atoms with Gasteiger partial charge < -0.3 is 14.8 Å². The highest BCUT2D eigenvalue weighted by molar-refractivity contribution is 5.94. The average molecular weight is 289 g/mol. The van der Waals surface area contributed by atoms with Crippen LogP contribution in [0, 0.1) is 5.82 Å². The molecule has 0 aliphatic rings. The van der Waals surface area contributed by atoms with Crippen molar-refractivity contribution in [3.63, 3.8) is 0 Å². The van der Waals surface area contributed by atoms with E-state index in [1.165, 1.54) is 19.2 Å². The van der Waals surface area contributed by atoms with Crippen LogP contribution in [0.15, 0.2) is 48.5 Å². The SMILES string of the molecule is COc1ccccc1OC(C)C(=O)Nc1ccccc1F. The number of anilines is 1. The molecule has 5 heteroatoms. The van der Waals surface area contributed by atoms with Crippen LogP contribution in [0.1, 0.15) is 6.92 Å². The molecule has 2 aromatic rings. The van der Waals surface area contributed by atoms with Gasteiger partial charge in [0.15, 0.2) is 17.6 Å². The van der Waals surface area contributed by atoms with Gasteiger partial charge in [0.2, 0.25) is 0 Å². The van der Waals surface area contributed by atoms with E-state index in [1.54, 1.807) is 43.3 Å². The summed E-state index contributed by atoms with van der Waals surface area (Å²) in [5, 5.41) is 2.49. The van der Waals surface area contributed by atoms with E-state index in [0.29, 0.717) is 11.5 Å². The first kappa shape index (κ1) is 14.8. The Bertz CT molecular complexity index is 630. The monoisotopic (exact) mass is 289 g/mol. The third-order valence-electron chi connectivity index (χ3n) is 2.87. The van der Waals surface area contributed by atoms with Crippen LogP contribution >= 0.6 is 0 Å². The molecule has 0 saturated heterocycles. The minimum absolute atomic E-state index is 0.123. The molecular formula is C16H16FNO3. The summed E-state index contributed by atoms with van der Waals surface area (Å²) in [5.74, 6) is 0.0561. The molecule has 1 unspecified atom stereocenters. The van der Waals surface area contributed by atoms with Crippen LogP contribution in [-0.2, 0) is 4.79 Å². The largest absolute Gasteiger partial charge is 0.493 e. The number of carbonyl (C=O) groups excluding carboxylic acids is 1. The van der Waals surface area contributed by atoms with Crippen molar-refractivity contribution in [3.05, 3.63) is 54.3 Å². The van der Waals surface area contributed by atoms with Gasteiger partial charge in [-0.2, -0.15) is 0 Å². The Kier molecular flexibility index (Phi) is 4.77. The molecule has 2 rings (SSSR count). The molecule has 1 amide bonds. The van der Waals surface area contributed by atoms with Crippen molar-refractivity contribution in [1.29, 1.82) is 0 Å². The number of hydrogen-bond donors (Lipinski definition) is 1. The highest BCUT2D eigenvalue weighted by Crippen LogP contribution is 2.27. The van der Waals surface area contributed by atoms with E-state index in [2.05, 4.69) is 5.32 Å². The van der Waals surface area contributed by atoms with Crippen LogP contribution in [0.3, 0.4) is 0 Å². The highest BCUT2D eigenvalue weighted by Gasteiger charge is 2.17. The minimum Gasteiger partial charge on any atom is -0.493 e. The van der Waals surface area contributed by atoms with Crippen molar-refractivity contribution in [3.8, 4) is 11.5 Å². The second kappa shape index (κ2) is 6.74. The van der Waals surface area contributed by atoms with Crippen molar-refractivity contribution >= 4 is 11.6 Å². The summed E-state index contributed by atoms with van der Waals surface area (Å²) in [7, 11) is 1.52. The molecule has 0 aromatic heterocycles. The summed E-state index contributed by atoms with van der Waals surface area (Å²) in [6.07, 6.45) is -0.791. The van der Waals surface area contributed by atoms with Crippen LogP contribution in [0.4, 0.5) is 10.1 Å². The van der Waals surface area contributed by atoms with Crippen molar-refractivity contribution in [2.45, 2.75) is 13.0 Å². The molecule has 2 aromatic carbocycles. The number of methoxy groups -OCH3 is 1. The van der Waals surface area contributed by atoms with E-state index in [9.17, 15) is 9.18 Å². The third-order valence-corrected chi connectivity index (χ3v) is 2.87. The Morgan fingerprint density at radius 1 is 1.10 bits per heavy atom. The summed E-state index contributed by atoms with van der Waals surface area (Å²) < 4.78 is 24.2. The number of amides is 1. The molecule has 1 N–H and O–H groups in total. The van der Waals surface area contributed by atoms with Crippen molar-refractivity contribution < 1.29 is 18.7 Å². The van der Waals surface area contributed by atoms with Gasteiger partial charge in [-0.15, -0.1) is 0 Å². The third kappa shape index (κ3) is 3.72. The first-order chi connectivity index (χ1) is 10.1. The van der Waals surface area contributed by atoms with Gasteiger partial charge >= 0.3 is 0 Å². The Morgan fingerprint density at radius 3 is 2.38 bits per heavy atom. The predicted molar refractivity (Wildman–Crippen MR) is 78.1 cm³/mol. The highest BCUT2D eigenvalue weighted by atomic mass is 19.1. The van der Waals surface area contributed by atoms with E-state index in [1.807, 2.05) is 0 Å². The van der Waals surface area contributed by atoms with Crippen molar-refractivity contribution in [2.75, 3.05) is 12.4 Å². The number of rotatable bonds is 5. The van der Waals surface area contributed by atoms with Crippen LogP contribution in [0.2, 0.25) is 0 Å². The summed E-state index contributed by atoms with van der Waals surface area (Å²) in [6, 6.07) is 13.0. The summed E-state index contributed by atoms with van der Waals surface area (Å²) in [4.78, 5) is 12.0. The number of nitrogens with one attached hydrogen (secondary N) is 1. The lowest BCUT2D eigenvalue weighted by Crippen LogP contribution is -2.30. The molecule has 21 heavy (non-hydrogen) atoms. The van der Waals surface area contributed by atoms with Crippen LogP contribution in [0.25, 0.3) is 0 Å². The van der Waals surface area contributed by atoms with E-state index >= 15 is 0 Å². The molecule has 0 bridgehead atoms. The number of para-hydroxylation sites is 3. The maximum Gasteiger partial charge on any atom is 0.265 e. The molecule has 1 atom stereocenters. The van der Waals surface area contributed by atoms with E-state index < -0.39 is 17.8 Å². The number of benzene rings is 2. The van der Waals surface area contributed by atoms with Crippen molar-refractivity contribution in [1.82, 2.24) is 0 Å². The van der Waals surface area contributed by atoms with Crippen LogP contribution in [0.5, 0.6) is 11.5 Å². The number of ether oxygens (including phenoxy) is 2. The quantitative estimate of drug-likeness (QED) is 0.919. The fourth-order valence-corrected chi connectivity index (χ4v) is 1.76. The molecule has 0 saturated carbocycles. The van der Waals surface area contributed by atoms with Crippen LogP contribution < -0.4 is 14.8 Å². The molecule has 0 heterocycles. The van der Waals surface area contributed by atoms with E-state index in [-0.39, 0.29) is 5.69 Å². The maximum atomic E-state index is 13.5. The lowest BCUT2D eigenvalue weighted by Gasteiger charge is -2.16. The zero-order valence-electron chi connectivity index (χ0n) is 11.8. The Morgan fingerprint density at radius 2 is 1.71 bits per heavy atom. The molecule has 4 nitrogen and oxygen atoms in total.